The van der Waals surface area contributed by atoms with Crippen molar-refractivity contribution in [3.63, 3.8) is 0 Å². The lowest BCUT2D eigenvalue weighted by Crippen LogP contribution is -2.21. The summed E-state index contributed by atoms with van der Waals surface area (Å²) in [6, 6.07) is 0. The van der Waals surface area contributed by atoms with Crippen LogP contribution in [-0.4, -0.2) is 58.5 Å². The molecule has 2 rings (SSSR count). The lowest BCUT2D eigenvalue weighted by atomic mass is 10.2. The van der Waals surface area contributed by atoms with Crippen molar-refractivity contribution in [3.8, 4) is 5.75 Å². The maximum absolute atomic E-state index is 10.6. The van der Waals surface area contributed by atoms with Gasteiger partial charge < -0.3 is 14.7 Å². The van der Waals surface area contributed by atoms with Gasteiger partial charge >= 0.3 is 0 Å². The fourth-order valence-electron chi connectivity index (χ4n) is 2.71. The second kappa shape index (κ2) is 8.06. The van der Waals surface area contributed by atoms with E-state index < -0.39 is 6.10 Å². The zero-order valence-corrected chi connectivity index (χ0v) is 14.1. The van der Waals surface area contributed by atoms with E-state index in [4.69, 9.17) is 4.74 Å². The maximum Gasteiger partial charge on any atom is 0.162 e. The van der Waals surface area contributed by atoms with E-state index >= 15 is 0 Å². The summed E-state index contributed by atoms with van der Waals surface area (Å²) < 4.78 is 7.23. The molecule has 1 aliphatic carbocycles. The second-order valence-electron chi connectivity index (χ2n) is 5.88. The molecule has 1 atom stereocenters. The first-order valence-corrected chi connectivity index (χ1v) is 8.70. The van der Waals surface area contributed by atoms with Crippen molar-refractivity contribution < 1.29 is 9.84 Å². The van der Waals surface area contributed by atoms with Crippen LogP contribution < -0.4 is 4.74 Å². The fraction of sp³-hybridized carbons (Fsp3) is 0.800. The first-order valence-electron chi connectivity index (χ1n) is 7.66. The van der Waals surface area contributed by atoms with Crippen molar-refractivity contribution in [2.75, 3.05) is 33.5 Å². The fourth-order valence-corrected chi connectivity index (χ4v) is 3.98. The molecule has 1 saturated carbocycles. The molecule has 1 aliphatic rings. The number of hydrogen-bond donors (Lipinski definition) is 1. The average Bonchev–Trinajstić information content (AvgIpc) is 3.11. The zero-order chi connectivity index (χ0) is 15.2. The summed E-state index contributed by atoms with van der Waals surface area (Å²) in [6.07, 6.45) is 6.42. The average molecular weight is 313 g/mol. The molecule has 0 radical (unpaired) electrons. The minimum Gasteiger partial charge on any atom is -0.493 e. The third kappa shape index (κ3) is 4.63. The van der Waals surface area contributed by atoms with E-state index in [2.05, 4.69) is 10.00 Å². The lowest BCUT2D eigenvalue weighted by Gasteiger charge is -2.18. The Morgan fingerprint density at radius 2 is 2.19 bits per heavy atom. The SMILES string of the molecule is COc1cnn(CCN(C)C)c1C(O)CSC1CCCC1. The highest BCUT2D eigenvalue weighted by molar-refractivity contribution is 7.99. The molecule has 21 heavy (non-hydrogen) atoms. The van der Waals surface area contributed by atoms with Gasteiger partial charge in [-0.1, -0.05) is 12.8 Å². The van der Waals surface area contributed by atoms with Crippen LogP contribution in [0.4, 0.5) is 0 Å². The highest BCUT2D eigenvalue weighted by Crippen LogP contribution is 2.34. The van der Waals surface area contributed by atoms with Crippen molar-refractivity contribution >= 4 is 11.8 Å². The molecule has 6 heteroatoms. The Kier molecular flexibility index (Phi) is 6.39. The molecular weight excluding hydrogens is 286 g/mol. The van der Waals surface area contributed by atoms with E-state index in [9.17, 15) is 5.11 Å². The Hall–Kier alpha value is -0.720. The van der Waals surface area contributed by atoms with Crippen LogP contribution in [0, 0.1) is 0 Å². The first kappa shape index (κ1) is 16.6. The summed E-state index contributed by atoms with van der Waals surface area (Å²) in [7, 11) is 5.70. The molecule has 0 amide bonds. The van der Waals surface area contributed by atoms with Gasteiger partial charge in [0, 0.05) is 17.5 Å². The molecule has 1 fully saturated rings. The molecule has 1 N–H and O–H groups in total. The smallest absolute Gasteiger partial charge is 0.162 e. The third-order valence-electron chi connectivity index (χ3n) is 3.93. The Balaban J connectivity index is 1.98. The van der Waals surface area contributed by atoms with Gasteiger partial charge in [-0.05, 0) is 26.9 Å². The van der Waals surface area contributed by atoms with Crippen LogP contribution in [0.5, 0.6) is 5.75 Å². The highest BCUT2D eigenvalue weighted by atomic mass is 32.2. The number of likely N-dealkylation sites (N-methyl/N-ethyl adjacent to an activating group) is 1. The van der Waals surface area contributed by atoms with Crippen molar-refractivity contribution in [3.05, 3.63) is 11.9 Å². The largest absolute Gasteiger partial charge is 0.493 e. The Labute approximate surface area is 131 Å². The van der Waals surface area contributed by atoms with Crippen LogP contribution in [0.3, 0.4) is 0 Å². The number of aliphatic hydroxyl groups excluding tert-OH is 1. The minimum atomic E-state index is -0.518. The number of ether oxygens (including phenoxy) is 1. The number of nitrogens with zero attached hydrogens (tertiary/aromatic N) is 3. The summed E-state index contributed by atoms with van der Waals surface area (Å²) >= 11 is 1.89. The molecule has 1 heterocycles. The number of aromatic nitrogens is 2. The van der Waals surface area contributed by atoms with Gasteiger partial charge in [0.05, 0.1) is 19.9 Å². The summed E-state index contributed by atoms with van der Waals surface area (Å²) in [6.45, 7) is 1.65. The third-order valence-corrected chi connectivity index (χ3v) is 5.38. The van der Waals surface area contributed by atoms with E-state index in [-0.39, 0.29) is 0 Å². The molecule has 5 nitrogen and oxygen atoms in total. The number of thioether (sulfide) groups is 1. The van der Waals surface area contributed by atoms with E-state index in [0.717, 1.165) is 18.8 Å². The monoisotopic (exact) mass is 313 g/mol. The van der Waals surface area contributed by atoms with E-state index in [0.29, 0.717) is 16.8 Å². The van der Waals surface area contributed by atoms with Gasteiger partial charge in [-0.25, -0.2) is 0 Å². The predicted molar refractivity (Wildman–Crippen MR) is 87.0 cm³/mol. The topological polar surface area (TPSA) is 50.5 Å². The lowest BCUT2D eigenvalue weighted by molar-refractivity contribution is 0.185. The van der Waals surface area contributed by atoms with Crippen molar-refractivity contribution in [2.45, 2.75) is 43.6 Å². The predicted octanol–water partition coefficient (Wildman–Crippen LogP) is 2.16. The number of methoxy groups -OCH3 is 1. The summed E-state index contributed by atoms with van der Waals surface area (Å²) in [5.74, 6) is 1.41. The Bertz CT molecular complexity index is 431. The van der Waals surface area contributed by atoms with Crippen LogP contribution in [0.15, 0.2) is 6.20 Å². The van der Waals surface area contributed by atoms with E-state index in [1.165, 1.54) is 25.7 Å². The standard InChI is InChI=1S/C15H27N3O2S/c1-17(2)8-9-18-15(14(20-3)10-16-18)13(19)11-21-12-6-4-5-7-12/h10,12-13,19H,4-9,11H2,1-3H3. The van der Waals surface area contributed by atoms with Crippen LogP contribution in [0.1, 0.15) is 37.5 Å². The van der Waals surface area contributed by atoms with Gasteiger partial charge in [0.15, 0.2) is 5.75 Å². The van der Waals surface area contributed by atoms with Crippen LogP contribution >= 0.6 is 11.8 Å². The van der Waals surface area contributed by atoms with Crippen molar-refractivity contribution in [1.82, 2.24) is 14.7 Å². The Morgan fingerprint density at radius 1 is 1.48 bits per heavy atom. The Morgan fingerprint density at radius 3 is 2.81 bits per heavy atom. The summed E-state index contributed by atoms with van der Waals surface area (Å²) in [5.41, 5.74) is 0.810. The van der Waals surface area contributed by atoms with Crippen LogP contribution in [0.25, 0.3) is 0 Å². The van der Waals surface area contributed by atoms with Gasteiger partial charge in [-0.3, -0.25) is 4.68 Å². The number of rotatable bonds is 8. The highest BCUT2D eigenvalue weighted by Gasteiger charge is 2.23. The molecule has 1 aromatic heterocycles. The van der Waals surface area contributed by atoms with Crippen LogP contribution in [0.2, 0.25) is 0 Å². The first-order chi connectivity index (χ1) is 10.1. The molecule has 120 valence electrons. The van der Waals surface area contributed by atoms with Gasteiger partial charge in [0.1, 0.15) is 11.8 Å². The molecular formula is C15H27N3O2S. The van der Waals surface area contributed by atoms with Gasteiger partial charge in [0.2, 0.25) is 0 Å². The number of hydrogen-bond acceptors (Lipinski definition) is 5. The summed E-state index contributed by atoms with van der Waals surface area (Å²) in [4.78, 5) is 2.11. The molecule has 0 bridgehead atoms. The molecule has 1 aromatic rings. The number of aliphatic hydroxyl groups is 1. The second-order valence-corrected chi connectivity index (χ2v) is 7.21. The molecule has 1 unspecified atom stereocenters. The van der Waals surface area contributed by atoms with E-state index in [1.54, 1.807) is 13.3 Å². The molecule has 0 spiro atoms. The van der Waals surface area contributed by atoms with Gasteiger partial charge in [0.25, 0.3) is 0 Å². The zero-order valence-electron chi connectivity index (χ0n) is 13.3. The quantitative estimate of drug-likeness (QED) is 0.797. The molecule has 0 saturated heterocycles. The normalized spacial score (nSPS) is 17.6. The maximum atomic E-state index is 10.6. The molecule has 0 aliphatic heterocycles. The minimum absolute atomic E-state index is 0.518. The van der Waals surface area contributed by atoms with Crippen molar-refractivity contribution in [1.29, 1.82) is 0 Å². The van der Waals surface area contributed by atoms with Gasteiger partial charge in [-0.15, -0.1) is 0 Å². The van der Waals surface area contributed by atoms with Gasteiger partial charge in [-0.2, -0.15) is 16.9 Å². The van der Waals surface area contributed by atoms with Crippen LogP contribution in [-0.2, 0) is 6.54 Å². The summed E-state index contributed by atoms with van der Waals surface area (Å²) in [5, 5.41) is 15.6. The van der Waals surface area contributed by atoms with Crippen molar-refractivity contribution in [2.24, 2.45) is 0 Å². The van der Waals surface area contributed by atoms with E-state index in [1.807, 2.05) is 30.5 Å². The molecule has 0 aromatic carbocycles.